The Morgan fingerprint density at radius 1 is 0.923 bits per heavy atom. The summed E-state index contributed by atoms with van der Waals surface area (Å²) in [5.74, 6) is 0.159. The normalized spacial score (nSPS) is 21.3. The molecule has 3 amide bonds. The highest BCUT2D eigenvalue weighted by atomic mass is 16.2. The Hall–Kier alpha value is -2.24. The lowest BCUT2D eigenvalue weighted by molar-refractivity contribution is -0.136. The molecule has 0 aromatic heterocycles. The zero-order valence-corrected chi connectivity index (χ0v) is 15.9. The highest BCUT2D eigenvalue weighted by molar-refractivity contribution is 5.81. The average Bonchev–Trinajstić information content (AvgIpc) is 2.94. The first-order valence-corrected chi connectivity index (χ1v) is 9.61. The van der Waals surface area contributed by atoms with Crippen LogP contribution in [0, 0.1) is 5.92 Å². The molecule has 0 spiro atoms. The van der Waals surface area contributed by atoms with Gasteiger partial charge in [0.2, 0.25) is 5.91 Å². The highest BCUT2D eigenvalue weighted by Crippen LogP contribution is 2.22. The summed E-state index contributed by atoms with van der Waals surface area (Å²) in [7, 11) is 3.53. The molecule has 2 heterocycles. The Balaban J connectivity index is 1.58. The fourth-order valence-corrected chi connectivity index (χ4v) is 3.93. The SMILES string of the molecule is CN(C)C(=O)N1CCCC(C(=O)N2CCCN(c3ccccc3)CC2)C1. The van der Waals surface area contributed by atoms with Crippen molar-refractivity contribution in [2.45, 2.75) is 19.3 Å². The van der Waals surface area contributed by atoms with Crippen LogP contribution >= 0.6 is 0 Å². The number of benzene rings is 1. The van der Waals surface area contributed by atoms with Gasteiger partial charge in [0, 0.05) is 59.1 Å². The molecule has 6 nitrogen and oxygen atoms in total. The van der Waals surface area contributed by atoms with Crippen LogP contribution in [0.5, 0.6) is 0 Å². The predicted molar refractivity (Wildman–Crippen MR) is 103 cm³/mol. The fraction of sp³-hybridized carbons (Fsp3) is 0.600. The largest absolute Gasteiger partial charge is 0.370 e. The van der Waals surface area contributed by atoms with Gasteiger partial charge in [0.05, 0.1) is 5.92 Å². The Kier molecular flexibility index (Phi) is 6.01. The van der Waals surface area contributed by atoms with Crippen LogP contribution in [0.1, 0.15) is 19.3 Å². The number of para-hydroxylation sites is 1. The van der Waals surface area contributed by atoms with Crippen LogP contribution in [-0.4, -0.2) is 80.0 Å². The zero-order valence-electron chi connectivity index (χ0n) is 15.9. The molecule has 0 N–H and O–H groups in total. The van der Waals surface area contributed by atoms with E-state index in [0.29, 0.717) is 6.54 Å². The van der Waals surface area contributed by atoms with Crippen molar-refractivity contribution in [1.29, 1.82) is 0 Å². The second-order valence-electron chi connectivity index (χ2n) is 7.46. The van der Waals surface area contributed by atoms with Crippen LogP contribution in [-0.2, 0) is 4.79 Å². The van der Waals surface area contributed by atoms with E-state index in [4.69, 9.17) is 0 Å². The number of rotatable bonds is 2. The third-order valence-electron chi connectivity index (χ3n) is 5.35. The number of anilines is 1. The molecule has 1 atom stereocenters. The van der Waals surface area contributed by atoms with Crippen molar-refractivity contribution in [1.82, 2.24) is 14.7 Å². The summed E-state index contributed by atoms with van der Waals surface area (Å²) >= 11 is 0. The smallest absolute Gasteiger partial charge is 0.319 e. The van der Waals surface area contributed by atoms with E-state index in [2.05, 4.69) is 29.2 Å². The third-order valence-corrected chi connectivity index (χ3v) is 5.35. The van der Waals surface area contributed by atoms with Crippen LogP contribution in [0.15, 0.2) is 30.3 Å². The topological polar surface area (TPSA) is 47.1 Å². The molecule has 6 heteroatoms. The van der Waals surface area contributed by atoms with E-state index in [0.717, 1.165) is 52.0 Å². The molecule has 1 aromatic carbocycles. The first kappa shape index (κ1) is 18.5. The molecule has 0 radical (unpaired) electrons. The molecule has 2 saturated heterocycles. The number of hydrogen-bond donors (Lipinski definition) is 0. The minimum absolute atomic E-state index is 0.00798. The maximum absolute atomic E-state index is 13.0. The number of likely N-dealkylation sites (tertiary alicyclic amines) is 1. The lowest BCUT2D eigenvalue weighted by Gasteiger charge is -2.36. The van der Waals surface area contributed by atoms with Crippen molar-refractivity contribution >= 4 is 17.6 Å². The second kappa shape index (κ2) is 8.43. The monoisotopic (exact) mass is 358 g/mol. The van der Waals surface area contributed by atoms with Gasteiger partial charge in [0.25, 0.3) is 0 Å². The molecule has 142 valence electrons. The minimum atomic E-state index is -0.0593. The van der Waals surface area contributed by atoms with Crippen LogP contribution in [0.3, 0.4) is 0 Å². The first-order valence-electron chi connectivity index (χ1n) is 9.61. The number of carbonyl (C=O) groups excluding carboxylic acids is 2. The number of carbonyl (C=O) groups is 2. The van der Waals surface area contributed by atoms with Gasteiger partial charge in [-0.2, -0.15) is 0 Å². The van der Waals surface area contributed by atoms with Crippen molar-refractivity contribution in [3.05, 3.63) is 30.3 Å². The zero-order chi connectivity index (χ0) is 18.5. The number of nitrogens with zero attached hydrogens (tertiary/aromatic N) is 4. The molecular formula is C20H30N4O2. The average molecular weight is 358 g/mol. The van der Waals surface area contributed by atoms with Crippen LogP contribution < -0.4 is 4.90 Å². The molecule has 0 bridgehead atoms. The quantitative estimate of drug-likeness (QED) is 0.814. The van der Waals surface area contributed by atoms with Gasteiger partial charge in [-0.05, 0) is 31.4 Å². The fourth-order valence-electron chi connectivity index (χ4n) is 3.93. The molecule has 1 aromatic rings. The van der Waals surface area contributed by atoms with E-state index < -0.39 is 0 Å². The van der Waals surface area contributed by atoms with Gasteiger partial charge in [-0.3, -0.25) is 4.79 Å². The first-order chi connectivity index (χ1) is 12.6. The maximum Gasteiger partial charge on any atom is 0.319 e. The van der Waals surface area contributed by atoms with E-state index in [9.17, 15) is 9.59 Å². The number of amides is 3. The summed E-state index contributed by atoms with van der Waals surface area (Å²) < 4.78 is 0. The maximum atomic E-state index is 13.0. The van der Waals surface area contributed by atoms with E-state index in [1.54, 1.807) is 19.0 Å². The molecule has 2 aliphatic heterocycles. The van der Waals surface area contributed by atoms with Gasteiger partial charge in [-0.15, -0.1) is 0 Å². The summed E-state index contributed by atoms with van der Waals surface area (Å²) in [6.45, 7) is 4.70. The molecule has 3 rings (SSSR count). The number of urea groups is 1. The standard InChI is InChI=1S/C20H30N4O2/c1-21(2)20(26)24-11-6-8-17(16-24)19(25)23-13-7-12-22(14-15-23)18-9-4-3-5-10-18/h3-5,9-10,17H,6-8,11-16H2,1-2H3. The van der Waals surface area contributed by atoms with Gasteiger partial charge in [-0.25, -0.2) is 4.79 Å². The summed E-state index contributed by atoms with van der Waals surface area (Å²) in [4.78, 5) is 33.0. The van der Waals surface area contributed by atoms with Crippen LogP contribution in [0.2, 0.25) is 0 Å². The molecule has 1 unspecified atom stereocenters. The Morgan fingerprint density at radius 3 is 2.38 bits per heavy atom. The van der Waals surface area contributed by atoms with E-state index >= 15 is 0 Å². The van der Waals surface area contributed by atoms with Gasteiger partial charge < -0.3 is 19.6 Å². The van der Waals surface area contributed by atoms with Crippen molar-refractivity contribution in [2.24, 2.45) is 5.92 Å². The second-order valence-corrected chi connectivity index (χ2v) is 7.46. The van der Waals surface area contributed by atoms with E-state index in [1.165, 1.54) is 5.69 Å². The van der Waals surface area contributed by atoms with Crippen molar-refractivity contribution in [2.75, 3.05) is 58.3 Å². The summed E-state index contributed by atoms with van der Waals surface area (Å²) in [5.41, 5.74) is 1.22. The highest BCUT2D eigenvalue weighted by Gasteiger charge is 2.32. The Bertz CT molecular complexity index is 619. The molecule has 26 heavy (non-hydrogen) atoms. The van der Waals surface area contributed by atoms with Crippen molar-refractivity contribution in [3.8, 4) is 0 Å². The van der Waals surface area contributed by atoms with Gasteiger partial charge in [0.1, 0.15) is 0 Å². The molecule has 2 fully saturated rings. The Morgan fingerprint density at radius 2 is 1.65 bits per heavy atom. The number of piperidine rings is 1. The molecule has 0 aliphatic carbocycles. The summed E-state index contributed by atoms with van der Waals surface area (Å²) in [5, 5.41) is 0. The lowest BCUT2D eigenvalue weighted by atomic mass is 9.96. The summed E-state index contributed by atoms with van der Waals surface area (Å²) in [6.07, 6.45) is 2.77. The van der Waals surface area contributed by atoms with Gasteiger partial charge in [0.15, 0.2) is 0 Å². The molecule has 2 aliphatic rings. The molecule has 0 saturated carbocycles. The van der Waals surface area contributed by atoms with E-state index in [-0.39, 0.29) is 17.9 Å². The third kappa shape index (κ3) is 4.29. The van der Waals surface area contributed by atoms with Crippen LogP contribution in [0.25, 0.3) is 0 Å². The summed E-state index contributed by atoms with van der Waals surface area (Å²) in [6, 6.07) is 10.4. The van der Waals surface area contributed by atoms with Gasteiger partial charge >= 0.3 is 6.03 Å². The Labute approximate surface area is 156 Å². The van der Waals surface area contributed by atoms with E-state index in [1.807, 2.05) is 15.9 Å². The molecular weight excluding hydrogens is 328 g/mol. The van der Waals surface area contributed by atoms with Crippen molar-refractivity contribution < 1.29 is 9.59 Å². The van der Waals surface area contributed by atoms with Crippen LogP contribution in [0.4, 0.5) is 10.5 Å². The predicted octanol–water partition coefficient (Wildman–Crippen LogP) is 2.12. The van der Waals surface area contributed by atoms with Crippen molar-refractivity contribution in [3.63, 3.8) is 0 Å². The number of hydrogen-bond acceptors (Lipinski definition) is 3. The van der Waals surface area contributed by atoms with Gasteiger partial charge in [-0.1, -0.05) is 18.2 Å². The lowest BCUT2D eigenvalue weighted by Crippen LogP contribution is -2.49. The minimum Gasteiger partial charge on any atom is -0.370 e.